The van der Waals surface area contributed by atoms with E-state index in [1.165, 1.54) is 23.0 Å². The first-order valence-corrected chi connectivity index (χ1v) is 5.03. The van der Waals surface area contributed by atoms with Crippen molar-refractivity contribution in [2.75, 3.05) is 0 Å². The zero-order valence-electron chi connectivity index (χ0n) is 7.82. The Balaban J connectivity index is 2.58. The first kappa shape index (κ1) is 11.1. The van der Waals surface area contributed by atoms with Gasteiger partial charge in [0.1, 0.15) is 11.0 Å². The van der Waals surface area contributed by atoms with Gasteiger partial charge in [0.05, 0.1) is 22.5 Å². The van der Waals surface area contributed by atoms with Crippen LogP contribution in [0, 0.1) is 5.82 Å². The van der Waals surface area contributed by atoms with Crippen LogP contribution in [0.4, 0.5) is 4.39 Å². The molecule has 0 bridgehead atoms. The van der Waals surface area contributed by atoms with Gasteiger partial charge < -0.3 is 0 Å². The monoisotopic (exact) mass is 258 g/mol. The first-order chi connectivity index (χ1) is 7.63. The van der Waals surface area contributed by atoms with Crippen LogP contribution in [0.2, 0.25) is 10.2 Å². The first-order valence-electron chi connectivity index (χ1n) is 4.27. The highest BCUT2D eigenvalue weighted by atomic mass is 35.5. The van der Waals surface area contributed by atoms with Crippen LogP contribution in [0.25, 0.3) is 5.69 Å². The summed E-state index contributed by atoms with van der Waals surface area (Å²) in [6, 6.07) is 3.82. The average Bonchev–Trinajstić information content (AvgIpc) is 2.60. The van der Waals surface area contributed by atoms with Crippen LogP contribution in [0.3, 0.4) is 0 Å². The molecule has 0 aliphatic heterocycles. The highest BCUT2D eigenvalue weighted by Crippen LogP contribution is 2.25. The fourth-order valence-electron chi connectivity index (χ4n) is 1.25. The van der Waals surface area contributed by atoms with E-state index >= 15 is 0 Å². The molecule has 0 saturated carbocycles. The largest absolute Gasteiger partial charge is 0.298 e. The Morgan fingerprint density at radius 2 is 2.12 bits per heavy atom. The van der Waals surface area contributed by atoms with E-state index in [0.29, 0.717) is 12.0 Å². The molecule has 16 heavy (non-hydrogen) atoms. The maximum Gasteiger partial charge on any atom is 0.154 e. The number of hydrogen-bond donors (Lipinski definition) is 0. The number of halogens is 3. The molecule has 0 amide bonds. The number of carbonyl (C=O) groups excluding carboxylic acids is 1. The molecule has 2 aromatic rings. The van der Waals surface area contributed by atoms with E-state index in [1.807, 2.05) is 0 Å². The van der Waals surface area contributed by atoms with Gasteiger partial charge in [-0.3, -0.25) is 4.79 Å². The second-order valence-electron chi connectivity index (χ2n) is 3.02. The Morgan fingerprint density at radius 1 is 1.38 bits per heavy atom. The highest BCUT2D eigenvalue weighted by molar-refractivity contribution is 6.34. The molecule has 1 aromatic carbocycles. The lowest BCUT2D eigenvalue weighted by atomic mass is 10.3. The molecule has 0 unspecified atom stereocenters. The predicted octanol–water partition coefficient (Wildman–Crippen LogP) is 3.13. The number of rotatable bonds is 2. The van der Waals surface area contributed by atoms with Gasteiger partial charge in [-0.1, -0.05) is 23.2 Å². The lowest BCUT2D eigenvalue weighted by molar-refractivity contribution is 0.112. The summed E-state index contributed by atoms with van der Waals surface area (Å²) < 4.78 is 14.1. The lowest BCUT2D eigenvalue weighted by Crippen LogP contribution is -1.97. The number of benzene rings is 1. The molecule has 3 nitrogen and oxygen atoms in total. The van der Waals surface area contributed by atoms with E-state index in [1.54, 1.807) is 0 Å². The number of nitrogens with zero attached hydrogens (tertiary/aromatic N) is 2. The molecule has 82 valence electrons. The van der Waals surface area contributed by atoms with E-state index in [9.17, 15) is 9.18 Å². The fraction of sp³-hybridized carbons (Fsp3) is 0. The SMILES string of the molecule is O=Cc1cnn(-c2ccc(F)cc2Cl)c1Cl. The van der Waals surface area contributed by atoms with E-state index < -0.39 is 5.82 Å². The van der Waals surface area contributed by atoms with Gasteiger partial charge in [-0.2, -0.15) is 5.10 Å². The van der Waals surface area contributed by atoms with Gasteiger partial charge in [-0.25, -0.2) is 9.07 Å². The summed E-state index contributed by atoms with van der Waals surface area (Å²) in [6.07, 6.45) is 1.90. The summed E-state index contributed by atoms with van der Waals surface area (Å²) in [5.74, 6) is -0.451. The molecule has 1 aromatic heterocycles. The molecule has 0 aliphatic rings. The van der Waals surface area contributed by atoms with Crippen molar-refractivity contribution in [2.45, 2.75) is 0 Å². The van der Waals surface area contributed by atoms with Crippen molar-refractivity contribution < 1.29 is 9.18 Å². The summed E-state index contributed by atoms with van der Waals surface area (Å²) in [5.41, 5.74) is 0.670. The molecular weight excluding hydrogens is 254 g/mol. The van der Waals surface area contributed by atoms with Gasteiger partial charge in [0.2, 0.25) is 0 Å². The Kier molecular flexibility index (Phi) is 2.94. The van der Waals surface area contributed by atoms with Crippen molar-refractivity contribution in [3.63, 3.8) is 0 Å². The smallest absolute Gasteiger partial charge is 0.154 e. The minimum atomic E-state index is -0.451. The van der Waals surface area contributed by atoms with Crippen LogP contribution in [0.1, 0.15) is 10.4 Å². The molecule has 0 fully saturated rings. The van der Waals surface area contributed by atoms with Gasteiger partial charge in [0.25, 0.3) is 0 Å². The standard InChI is InChI=1S/C10H5Cl2FN2O/c11-8-3-7(13)1-2-9(8)15-10(12)6(5-16)4-14-15/h1-5H. The Hall–Kier alpha value is -1.39. The summed E-state index contributed by atoms with van der Waals surface area (Å²) >= 11 is 11.7. The zero-order valence-corrected chi connectivity index (χ0v) is 9.34. The molecule has 0 aliphatic carbocycles. The van der Waals surface area contributed by atoms with Crippen LogP contribution >= 0.6 is 23.2 Å². The lowest BCUT2D eigenvalue weighted by Gasteiger charge is -2.05. The quantitative estimate of drug-likeness (QED) is 0.776. The molecule has 0 radical (unpaired) electrons. The number of aldehydes is 1. The van der Waals surface area contributed by atoms with Crippen LogP contribution in [-0.2, 0) is 0 Å². The summed E-state index contributed by atoms with van der Waals surface area (Å²) in [6.45, 7) is 0. The van der Waals surface area contributed by atoms with Gasteiger partial charge in [-0.15, -0.1) is 0 Å². The van der Waals surface area contributed by atoms with Crippen molar-refractivity contribution in [1.29, 1.82) is 0 Å². The maximum atomic E-state index is 12.8. The topological polar surface area (TPSA) is 34.9 Å². The van der Waals surface area contributed by atoms with Crippen LogP contribution < -0.4 is 0 Å². The Bertz CT molecular complexity index is 554. The Morgan fingerprint density at radius 3 is 2.69 bits per heavy atom. The van der Waals surface area contributed by atoms with Gasteiger partial charge >= 0.3 is 0 Å². The second kappa shape index (κ2) is 4.23. The molecule has 2 rings (SSSR count). The molecule has 6 heteroatoms. The molecule has 0 spiro atoms. The van der Waals surface area contributed by atoms with Crippen molar-refractivity contribution in [2.24, 2.45) is 0 Å². The van der Waals surface area contributed by atoms with Crippen molar-refractivity contribution in [3.05, 3.63) is 46.0 Å². The Labute approximate surface area is 100 Å². The third-order valence-corrected chi connectivity index (χ3v) is 2.68. The summed E-state index contributed by atoms with van der Waals surface area (Å²) in [5, 5.41) is 4.20. The van der Waals surface area contributed by atoms with Crippen LogP contribution in [-0.4, -0.2) is 16.1 Å². The molecule has 0 atom stereocenters. The van der Waals surface area contributed by atoms with Crippen LogP contribution in [0.15, 0.2) is 24.4 Å². The normalized spacial score (nSPS) is 10.4. The van der Waals surface area contributed by atoms with E-state index in [0.717, 1.165) is 6.07 Å². The van der Waals surface area contributed by atoms with E-state index in [2.05, 4.69) is 5.10 Å². The van der Waals surface area contributed by atoms with Gasteiger partial charge in [0.15, 0.2) is 6.29 Å². The fourth-order valence-corrected chi connectivity index (χ4v) is 1.72. The summed E-state index contributed by atoms with van der Waals surface area (Å²) in [4.78, 5) is 10.6. The number of carbonyl (C=O) groups is 1. The molecule has 1 heterocycles. The predicted molar refractivity (Wildman–Crippen MR) is 58.9 cm³/mol. The summed E-state index contributed by atoms with van der Waals surface area (Å²) in [7, 11) is 0. The van der Waals surface area contributed by atoms with Crippen molar-refractivity contribution in [3.8, 4) is 5.69 Å². The minimum absolute atomic E-state index is 0.142. The number of aromatic nitrogens is 2. The molecule has 0 saturated heterocycles. The second-order valence-corrected chi connectivity index (χ2v) is 3.78. The van der Waals surface area contributed by atoms with Gasteiger partial charge in [-0.05, 0) is 18.2 Å². The molecule has 0 N–H and O–H groups in total. The highest BCUT2D eigenvalue weighted by Gasteiger charge is 2.12. The molecular formula is C10H5Cl2FN2O. The van der Waals surface area contributed by atoms with Crippen molar-refractivity contribution in [1.82, 2.24) is 9.78 Å². The third-order valence-electron chi connectivity index (χ3n) is 2.00. The van der Waals surface area contributed by atoms with Crippen molar-refractivity contribution >= 4 is 29.5 Å². The zero-order chi connectivity index (χ0) is 11.7. The van der Waals surface area contributed by atoms with E-state index in [4.69, 9.17) is 23.2 Å². The van der Waals surface area contributed by atoms with Gasteiger partial charge in [0, 0.05) is 0 Å². The van der Waals surface area contributed by atoms with Crippen LogP contribution in [0.5, 0.6) is 0 Å². The maximum absolute atomic E-state index is 12.8. The third kappa shape index (κ3) is 1.81. The minimum Gasteiger partial charge on any atom is -0.298 e. The number of hydrogen-bond acceptors (Lipinski definition) is 2. The average molecular weight is 259 g/mol. The van der Waals surface area contributed by atoms with E-state index in [-0.39, 0.29) is 15.7 Å².